The van der Waals surface area contributed by atoms with Crippen LogP contribution in [-0.4, -0.2) is 4.98 Å². The van der Waals surface area contributed by atoms with Gasteiger partial charge in [0.05, 0.1) is 20.1 Å². The lowest BCUT2D eigenvalue weighted by Crippen LogP contribution is -1.93. The van der Waals surface area contributed by atoms with Gasteiger partial charge in [0.1, 0.15) is 0 Å². The molecule has 0 amide bonds. The minimum Gasteiger partial charge on any atom is -0.227 e. The van der Waals surface area contributed by atoms with Crippen LogP contribution in [-0.2, 0) is 0 Å². The van der Waals surface area contributed by atoms with Gasteiger partial charge in [-0.25, -0.2) is 4.98 Å². The highest BCUT2D eigenvalue weighted by molar-refractivity contribution is 6.45. The van der Waals surface area contributed by atoms with Crippen molar-refractivity contribution in [1.82, 2.24) is 4.98 Å². The molecular weight excluding hydrogens is 450 g/mol. The van der Waals surface area contributed by atoms with E-state index in [0.29, 0.717) is 26.7 Å². The summed E-state index contributed by atoms with van der Waals surface area (Å²) >= 11 is 36.6. The molecule has 0 aliphatic heterocycles. The molecule has 2 aromatic carbocycles. The normalized spacial score (nSPS) is 11.0. The van der Waals surface area contributed by atoms with Crippen molar-refractivity contribution in [1.29, 1.82) is 0 Å². The number of benzene rings is 2. The molecule has 3 rings (SSSR count). The van der Waals surface area contributed by atoms with Gasteiger partial charge in [-0.05, 0) is 30.3 Å². The van der Waals surface area contributed by atoms with Gasteiger partial charge in [0.2, 0.25) is 5.95 Å². The van der Waals surface area contributed by atoms with Crippen LogP contribution >= 0.6 is 69.6 Å². The van der Waals surface area contributed by atoms with Gasteiger partial charge in [-0.2, -0.15) is 4.39 Å². The average molecular weight is 456 g/mol. The van der Waals surface area contributed by atoms with Crippen LogP contribution in [0.2, 0.25) is 30.1 Å². The molecule has 0 unspecified atom stereocenters. The molecule has 128 valence electrons. The van der Waals surface area contributed by atoms with Gasteiger partial charge in [-0.1, -0.05) is 69.6 Å². The number of hydrogen-bond donors (Lipinski definition) is 0. The van der Waals surface area contributed by atoms with Crippen LogP contribution in [0.25, 0.3) is 22.3 Å². The molecule has 1 nitrogen and oxygen atoms in total. The Kier molecular flexibility index (Phi) is 5.69. The van der Waals surface area contributed by atoms with E-state index in [1.165, 1.54) is 30.5 Å². The van der Waals surface area contributed by atoms with E-state index in [4.69, 9.17) is 69.6 Å². The maximum absolute atomic E-state index is 14.3. The number of aromatic nitrogens is 1. The second-order valence-corrected chi connectivity index (χ2v) is 7.50. The minimum absolute atomic E-state index is 0.124. The molecule has 0 saturated carbocycles. The molecule has 8 heteroatoms. The Morgan fingerprint density at radius 3 is 1.76 bits per heavy atom. The first-order valence-corrected chi connectivity index (χ1v) is 9.00. The van der Waals surface area contributed by atoms with Crippen LogP contribution in [0.3, 0.4) is 0 Å². The predicted molar refractivity (Wildman–Crippen MR) is 105 cm³/mol. The topological polar surface area (TPSA) is 12.9 Å². The Bertz CT molecular complexity index is 989. The first-order valence-electron chi connectivity index (χ1n) is 6.73. The van der Waals surface area contributed by atoms with E-state index in [1.54, 1.807) is 6.07 Å². The molecule has 0 aliphatic carbocycles. The molecule has 0 saturated heterocycles. The van der Waals surface area contributed by atoms with Crippen LogP contribution in [0.1, 0.15) is 0 Å². The lowest BCUT2D eigenvalue weighted by molar-refractivity contribution is 0.588. The van der Waals surface area contributed by atoms with Gasteiger partial charge in [0.25, 0.3) is 0 Å². The smallest absolute Gasteiger partial charge is 0.220 e. The first kappa shape index (κ1) is 19.0. The standard InChI is InChI=1S/C17H6Cl6FN/c18-8-2-10(15(22)13(20)4-8)7-1-12(17(24)25-6-7)11-3-9(19)5-14(21)16(11)23/h1-6H. The Morgan fingerprint density at radius 2 is 1.16 bits per heavy atom. The Balaban J connectivity index is 2.25. The molecule has 0 radical (unpaired) electrons. The fraction of sp³-hybridized carbons (Fsp3) is 0. The van der Waals surface area contributed by atoms with E-state index < -0.39 is 5.95 Å². The predicted octanol–water partition coefficient (Wildman–Crippen LogP) is 8.48. The fourth-order valence-electron chi connectivity index (χ4n) is 2.30. The second-order valence-electron chi connectivity index (χ2n) is 5.06. The van der Waals surface area contributed by atoms with Crippen molar-refractivity contribution in [2.75, 3.05) is 0 Å². The third-order valence-electron chi connectivity index (χ3n) is 3.43. The SMILES string of the molecule is Fc1ncc(-c2cc(Cl)cc(Cl)c2Cl)cc1-c1cc(Cl)cc(Cl)c1Cl. The van der Waals surface area contributed by atoms with Crippen molar-refractivity contribution < 1.29 is 4.39 Å². The minimum atomic E-state index is -0.728. The van der Waals surface area contributed by atoms with Crippen LogP contribution < -0.4 is 0 Å². The molecular formula is C17H6Cl6FN. The van der Waals surface area contributed by atoms with Gasteiger partial charge in [0.15, 0.2) is 0 Å². The Labute approximate surface area is 173 Å². The summed E-state index contributed by atoms with van der Waals surface area (Å²) in [4.78, 5) is 3.78. The quantitative estimate of drug-likeness (QED) is 0.279. The highest BCUT2D eigenvalue weighted by atomic mass is 35.5. The molecule has 0 fully saturated rings. The summed E-state index contributed by atoms with van der Waals surface area (Å²) < 4.78 is 14.3. The second kappa shape index (κ2) is 7.48. The number of hydrogen-bond acceptors (Lipinski definition) is 1. The van der Waals surface area contributed by atoms with Gasteiger partial charge >= 0.3 is 0 Å². The number of halogens is 7. The van der Waals surface area contributed by atoms with E-state index in [2.05, 4.69) is 4.98 Å². The Hall–Kier alpha value is -0.740. The van der Waals surface area contributed by atoms with Gasteiger partial charge in [0, 0.05) is 38.5 Å². The summed E-state index contributed by atoms with van der Waals surface area (Å²) in [6, 6.07) is 7.63. The van der Waals surface area contributed by atoms with Crippen molar-refractivity contribution in [2.45, 2.75) is 0 Å². The van der Waals surface area contributed by atoms with Gasteiger partial charge < -0.3 is 0 Å². The molecule has 0 N–H and O–H groups in total. The van der Waals surface area contributed by atoms with Crippen molar-refractivity contribution in [2.24, 2.45) is 0 Å². The zero-order chi connectivity index (χ0) is 18.3. The van der Waals surface area contributed by atoms with E-state index in [-0.39, 0.29) is 25.7 Å². The number of nitrogens with zero attached hydrogens (tertiary/aromatic N) is 1. The lowest BCUT2D eigenvalue weighted by Gasteiger charge is -2.12. The maximum Gasteiger partial charge on any atom is 0.220 e. The van der Waals surface area contributed by atoms with Gasteiger partial charge in [-0.15, -0.1) is 0 Å². The third-order valence-corrected chi connectivity index (χ3v) is 5.47. The molecule has 1 heterocycles. The van der Waals surface area contributed by atoms with Crippen molar-refractivity contribution in [3.63, 3.8) is 0 Å². The van der Waals surface area contributed by atoms with Crippen LogP contribution in [0.5, 0.6) is 0 Å². The largest absolute Gasteiger partial charge is 0.227 e. The summed E-state index contributed by atoms with van der Waals surface area (Å²) in [5.41, 5.74) is 1.46. The maximum atomic E-state index is 14.3. The number of pyridine rings is 1. The van der Waals surface area contributed by atoms with Crippen molar-refractivity contribution >= 4 is 69.6 Å². The first-order chi connectivity index (χ1) is 11.8. The van der Waals surface area contributed by atoms with Crippen molar-refractivity contribution in [3.05, 3.63) is 72.6 Å². The van der Waals surface area contributed by atoms with Gasteiger partial charge in [-0.3, -0.25) is 0 Å². The monoisotopic (exact) mass is 453 g/mol. The molecule has 0 spiro atoms. The summed E-state index contributed by atoms with van der Waals surface area (Å²) in [6.07, 6.45) is 1.33. The van der Waals surface area contributed by atoms with Crippen LogP contribution in [0, 0.1) is 5.95 Å². The molecule has 25 heavy (non-hydrogen) atoms. The molecule has 3 aromatic rings. The number of rotatable bonds is 2. The highest BCUT2D eigenvalue weighted by Gasteiger charge is 2.17. The summed E-state index contributed by atoms with van der Waals surface area (Å²) in [5, 5.41) is 1.63. The molecule has 0 bridgehead atoms. The van der Waals surface area contributed by atoms with E-state index in [9.17, 15) is 4.39 Å². The van der Waals surface area contributed by atoms with Crippen LogP contribution in [0.15, 0.2) is 36.5 Å². The highest BCUT2D eigenvalue weighted by Crippen LogP contribution is 2.41. The zero-order valence-corrected chi connectivity index (χ0v) is 16.6. The van der Waals surface area contributed by atoms with Crippen LogP contribution in [0.4, 0.5) is 4.39 Å². The summed E-state index contributed by atoms with van der Waals surface area (Å²) in [5.74, 6) is -0.728. The van der Waals surface area contributed by atoms with Crippen molar-refractivity contribution in [3.8, 4) is 22.3 Å². The van der Waals surface area contributed by atoms with E-state index >= 15 is 0 Å². The van der Waals surface area contributed by atoms with E-state index in [0.717, 1.165) is 0 Å². The summed E-state index contributed by atoms with van der Waals surface area (Å²) in [6.45, 7) is 0. The Morgan fingerprint density at radius 1 is 0.640 bits per heavy atom. The molecule has 1 aromatic heterocycles. The molecule has 0 aliphatic rings. The zero-order valence-electron chi connectivity index (χ0n) is 12.1. The third kappa shape index (κ3) is 3.85. The van der Waals surface area contributed by atoms with E-state index in [1.807, 2.05) is 0 Å². The summed E-state index contributed by atoms with van der Waals surface area (Å²) in [7, 11) is 0. The lowest BCUT2D eigenvalue weighted by atomic mass is 10.0. The average Bonchev–Trinajstić information content (AvgIpc) is 2.55. The fourth-order valence-corrected chi connectivity index (χ4v) is 3.72. The molecule has 0 atom stereocenters.